The van der Waals surface area contributed by atoms with Crippen LogP contribution >= 0.6 is 0 Å². The Balaban J connectivity index is 4.95. The topological polar surface area (TPSA) is 83.6 Å². The minimum absolute atomic E-state index is 0.0698. The van der Waals surface area contributed by atoms with Gasteiger partial charge >= 0.3 is 5.97 Å². The number of nitrogens with zero attached hydrogens (tertiary/aromatic N) is 1. The molecule has 0 rings (SSSR count). The first kappa shape index (κ1) is 14.6. The Hall–Kier alpha value is -1.36. The molecule has 16 heavy (non-hydrogen) atoms. The van der Waals surface area contributed by atoms with E-state index >= 15 is 0 Å². The number of rotatable bonds is 5. The number of carboxylic acids is 1. The van der Waals surface area contributed by atoms with Gasteiger partial charge in [0.05, 0.1) is 12.6 Å². The van der Waals surface area contributed by atoms with E-state index in [9.17, 15) is 9.59 Å². The lowest BCUT2D eigenvalue weighted by molar-refractivity contribution is -0.133. The second-order valence-electron chi connectivity index (χ2n) is 4.10. The van der Waals surface area contributed by atoms with E-state index in [0.717, 1.165) is 0 Å². The maximum atomic E-state index is 11.4. The molecule has 5 heteroatoms. The number of carboxylic acid groups (broad SMARTS) is 1. The molecule has 0 saturated carbocycles. The largest absolute Gasteiger partial charge is 0.478 e. The standard InChI is InChI=1S/C11H20N2O3/c1-7(2)9(5-8(3)11(15)16)13(4)10(14)6-12/h5,7,9H,6,12H2,1-4H3,(H,15,16)/t9-/m1/s1. The Morgan fingerprint density at radius 1 is 1.44 bits per heavy atom. The first-order valence-electron chi connectivity index (χ1n) is 5.18. The van der Waals surface area contributed by atoms with E-state index in [1.165, 1.54) is 11.8 Å². The Morgan fingerprint density at radius 3 is 2.25 bits per heavy atom. The Morgan fingerprint density at radius 2 is 1.94 bits per heavy atom. The van der Waals surface area contributed by atoms with E-state index in [2.05, 4.69) is 0 Å². The molecule has 0 aromatic heterocycles. The molecular formula is C11H20N2O3. The number of carbonyl (C=O) groups excluding carboxylic acids is 1. The molecule has 0 fully saturated rings. The monoisotopic (exact) mass is 228 g/mol. The maximum Gasteiger partial charge on any atom is 0.331 e. The summed E-state index contributed by atoms with van der Waals surface area (Å²) < 4.78 is 0. The zero-order valence-corrected chi connectivity index (χ0v) is 10.2. The molecule has 0 unspecified atom stereocenters. The van der Waals surface area contributed by atoms with Crippen molar-refractivity contribution < 1.29 is 14.7 Å². The lowest BCUT2D eigenvalue weighted by atomic mass is 10.00. The number of carbonyl (C=O) groups is 2. The molecule has 92 valence electrons. The molecular weight excluding hydrogens is 208 g/mol. The molecule has 0 spiro atoms. The van der Waals surface area contributed by atoms with Gasteiger partial charge in [0.25, 0.3) is 0 Å². The highest BCUT2D eigenvalue weighted by molar-refractivity contribution is 5.86. The highest BCUT2D eigenvalue weighted by Crippen LogP contribution is 2.13. The summed E-state index contributed by atoms with van der Waals surface area (Å²) in [5, 5.41) is 8.79. The lowest BCUT2D eigenvalue weighted by Crippen LogP contribution is -2.42. The molecule has 0 heterocycles. The Bertz CT molecular complexity index is 298. The van der Waals surface area contributed by atoms with Crippen molar-refractivity contribution in [1.29, 1.82) is 0 Å². The summed E-state index contributed by atoms with van der Waals surface area (Å²) in [7, 11) is 1.63. The third-order valence-electron chi connectivity index (χ3n) is 2.46. The summed E-state index contributed by atoms with van der Waals surface area (Å²) in [5.41, 5.74) is 5.51. The van der Waals surface area contributed by atoms with E-state index in [0.29, 0.717) is 0 Å². The van der Waals surface area contributed by atoms with Crippen LogP contribution in [0, 0.1) is 5.92 Å². The summed E-state index contributed by atoms with van der Waals surface area (Å²) in [4.78, 5) is 23.6. The number of likely N-dealkylation sites (N-methyl/N-ethyl adjacent to an activating group) is 1. The number of hydrogen-bond acceptors (Lipinski definition) is 3. The van der Waals surface area contributed by atoms with E-state index in [1.807, 2.05) is 13.8 Å². The molecule has 0 aromatic carbocycles. The second-order valence-corrected chi connectivity index (χ2v) is 4.10. The highest BCUT2D eigenvalue weighted by atomic mass is 16.4. The van der Waals surface area contributed by atoms with Crippen molar-refractivity contribution >= 4 is 11.9 Å². The van der Waals surface area contributed by atoms with Gasteiger partial charge in [0.2, 0.25) is 5.91 Å². The van der Waals surface area contributed by atoms with Crippen LogP contribution in [0.3, 0.4) is 0 Å². The van der Waals surface area contributed by atoms with Crippen LogP contribution in [0.1, 0.15) is 20.8 Å². The average molecular weight is 228 g/mol. The minimum Gasteiger partial charge on any atom is -0.478 e. The molecule has 0 aliphatic carbocycles. The normalized spacial score (nSPS) is 13.8. The number of hydrogen-bond donors (Lipinski definition) is 2. The van der Waals surface area contributed by atoms with Crippen LogP contribution < -0.4 is 5.73 Å². The molecule has 0 bridgehead atoms. The van der Waals surface area contributed by atoms with Gasteiger partial charge in [0.15, 0.2) is 0 Å². The summed E-state index contributed by atoms with van der Waals surface area (Å²) in [6.45, 7) is 5.30. The fourth-order valence-electron chi connectivity index (χ4n) is 1.39. The van der Waals surface area contributed by atoms with E-state index in [4.69, 9.17) is 10.8 Å². The highest BCUT2D eigenvalue weighted by Gasteiger charge is 2.21. The van der Waals surface area contributed by atoms with E-state index < -0.39 is 5.97 Å². The van der Waals surface area contributed by atoms with Gasteiger partial charge in [0, 0.05) is 12.6 Å². The van der Waals surface area contributed by atoms with Crippen molar-refractivity contribution in [1.82, 2.24) is 4.90 Å². The molecule has 3 N–H and O–H groups in total. The molecule has 0 aromatic rings. The summed E-state index contributed by atoms with van der Waals surface area (Å²) in [6.07, 6.45) is 1.58. The summed E-state index contributed by atoms with van der Waals surface area (Å²) in [5.74, 6) is -1.04. The number of nitrogens with two attached hydrogens (primary N) is 1. The predicted octanol–water partition coefficient (Wildman–Crippen LogP) is 0.459. The summed E-state index contributed by atoms with van der Waals surface area (Å²) in [6, 6.07) is -0.243. The van der Waals surface area contributed by atoms with Crippen LogP contribution in [0.5, 0.6) is 0 Å². The van der Waals surface area contributed by atoms with Crippen molar-refractivity contribution in [3.8, 4) is 0 Å². The SMILES string of the molecule is CC(=C[C@H](C(C)C)N(C)C(=O)CN)C(=O)O. The zero-order chi connectivity index (χ0) is 12.9. The second kappa shape index (κ2) is 6.27. The smallest absolute Gasteiger partial charge is 0.331 e. The minimum atomic E-state index is -0.973. The van der Waals surface area contributed by atoms with E-state index in [-0.39, 0.29) is 30.0 Å². The predicted molar refractivity (Wildman–Crippen MR) is 61.8 cm³/mol. The fourth-order valence-corrected chi connectivity index (χ4v) is 1.39. The van der Waals surface area contributed by atoms with Crippen molar-refractivity contribution in [3.63, 3.8) is 0 Å². The molecule has 0 aliphatic rings. The van der Waals surface area contributed by atoms with Crippen molar-refractivity contribution in [2.24, 2.45) is 11.7 Å². The van der Waals surface area contributed by atoms with Gasteiger partial charge in [-0.05, 0) is 12.8 Å². The van der Waals surface area contributed by atoms with E-state index in [1.54, 1.807) is 13.1 Å². The quantitative estimate of drug-likeness (QED) is 0.669. The molecule has 0 saturated heterocycles. The first-order chi connectivity index (χ1) is 7.31. The average Bonchev–Trinajstić information content (AvgIpc) is 2.22. The van der Waals surface area contributed by atoms with Gasteiger partial charge in [-0.25, -0.2) is 4.79 Å². The molecule has 0 aliphatic heterocycles. The van der Waals surface area contributed by atoms with Gasteiger partial charge in [-0.1, -0.05) is 19.9 Å². The maximum absolute atomic E-state index is 11.4. The Kier molecular flexibility index (Phi) is 5.74. The molecule has 5 nitrogen and oxygen atoms in total. The third-order valence-corrected chi connectivity index (χ3v) is 2.46. The van der Waals surface area contributed by atoms with Crippen LogP contribution in [0.15, 0.2) is 11.6 Å². The summed E-state index contributed by atoms with van der Waals surface area (Å²) >= 11 is 0. The molecule has 1 amide bonds. The van der Waals surface area contributed by atoms with Crippen LogP contribution in [0.25, 0.3) is 0 Å². The fraction of sp³-hybridized carbons (Fsp3) is 0.636. The lowest BCUT2D eigenvalue weighted by Gasteiger charge is -2.29. The van der Waals surface area contributed by atoms with Gasteiger partial charge < -0.3 is 15.7 Å². The third kappa shape index (κ3) is 4.02. The van der Waals surface area contributed by atoms with Crippen molar-refractivity contribution in [2.45, 2.75) is 26.8 Å². The van der Waals surface area contributed by atoms with Crippen LogP contribution in [-0.2, 0) is 9.59 Å². The van der Waals surface area contributed by atoms with Crippen LogP contribution in [0.2, 0.25) is 0 Å². The van der Waals surface area contributed by atoms with Crippen LogP contribution in [-0.4, -0.2) is 41.5 Å². The zero-order valence-electron chi connectivity index (χ0n) is 10.2. The molecule has 1 atom stereocenters. The van der Waals surface area contributed by atoms with Crippen molar-refractivity contribution in [3.05, 3.63) is 11.6 Å². The molecule has 0 radical (unpaired) electrons. The van der Waals surface area contributed by atoms with Gasteiger partial charge in [-0.2, -0.15) is 0 Å². The van der Waals surface area contributed by atoms with Gasteiger partial charge in [-0.3, -0.25) is 4.79 Å². The van der Waals surface area contributed by atoms with Crippen LogP contribution in [0.4, 0.5) is 0 Å². The Labute approximate surface area is 95.9 Å². The number of amides is 1. The van der Waals surface area contributed by atoms with Crippen molar-refractivity contribution in [2.75, 3.05) is 13.6 Å². The van der Waals surface area contributed by atoms with Gasteiger partial charge in [0.1, 0.15) is 0 Å². The number of aliphatic carboxylic acids is 1. The first-order valence-corrected chi connectivity index (χ1v) is 5.18. The van der Waals surface area contributed by atoms with Gasteiger partial charge in [-0.15, -0.1) is 0 Å².